The molecule has 1 amide bonds. The lowest BCUT2D eigenvalue weighted by Crippen LogP contribution is -2.20. The molecule has 0 spiro atoms. The zero-order chi connectivity index (χ0) is 17.0. The van der Waals surface area contributed by atoms with E-state index < -0.39 is 10.0 Å². The summed E-state index contributed by atoms with van der Waals surface area (Å²) in [5.74, 6) is 0.289. The highest BCUT2D eigenvalue weighted by Gasteiger charge is 2.19. The summed E-state index contributed by atoms with van der Waals surface area (Å²) in [5, 5.41) is 2.47. The average Bonchev–Trinajstić information content (AvgIpc) is 2.54. The second-order valence-corrected chi connectivity index (χ2v) is 6.54. The predicted molar refractivity (Wildman–Crippen MR) is 88.4 cm³/mol. The van der Waals surface area contributed by atoms with Crippen LogP contribution in [-0.2, 0) is 10.0 Å². The van der Waals surface area contributed by atoms with E-state index in [1.165, 1.54) is 20.2 Å². The summed E-state index contributed by atoms with van der Waals surface area (Å²) < 4.78 is 32.7. The maximum atomic E-state index is 12.6. The first-order chi connectivity index (χ1) is 10.9. The molecule has 122 valence electrons. The van der Waals surface area contributed by atoms with Crippen molar-refractivity contribution in [2.24, 2.45) is 0 Å². The number of anilines is 1. The van der Waals surface area contributed by atoms with Crippen molar-refractivity contribution in [2.45, 2.75) is 11.8 Å². The highest BCUT2D eigenvalue weighted by molar-refractivity contribution is 7.92. The third-order valence-electron chi connectivity index (χ3n) is 3.31. The fourth-order valence-electron chi connectivity index (χ4n) is 2.04. The van der Waals surface area contributed by atoms with Gasteiger partial charge in [-0.2, -0.15) is 0 Å². The van der Waals surface area contributed by atoms with Crippen molar-refractivity contribution in [3.05, 3.63) is 53.6 Å². The number of hydrogen-bond donors (Lipinski definition) is 2. The van der Waals surface area contributed by atoms with Gasteiger partial charge >= 0.3 is 0 Å². The van der Waals surface area contributed by atoms with E-state index in [4.69, 9.17) is 4.74 Å². The Balaban J connectivity index is 2.36. The number of sulfonamides is 1. The van der Waals surface area contributed by atoms with Crippen LogP contribution in [0.15, 0.2) is 47.4 Å². The second-order valence-electron chi connectivity index (χ2n) is 4.89. The summed E-state index contributed by atoms with van der Waals surface area (Å²) in [4.78, 5) is 11.8. The standard InChI is InChI=1S/C16H18N2O4S/c1-11-4-5-12(16(19)17-2)10-15(11)23(20,21)18-13-6-8-14(22-3)9-7-13/h4-10,18H,1-3H3,(H,17,19). The number of benzene rings is 2. The molecule has 0 heterocycles. The molecule has 2 rings (SSSR count). The van der Waals surface area contributed by atoms with Gasteiger partial charge in [0.25, 0.3) is 15.9 Å². The summed E-state index contributed by atoms with van der Waals surface area (Å²) in [7, 11) is -0.772. The van der Waals surface area contributed by atoms with E-state index in [-0.39, 0.29) is 16.4 Å². The van der Waals surface area contributed by atoms with Crippen molar-refractivity contribution in [3.8, 4) is 5.75 Å². The van der Waals surface area contributed by atoms with Crippen molar-refractivity contribution < 1.29 is 17.9 Å². The molecule has 0 saturated carbocycles. The van der Waals surface area contributed by atoms with Crippen LogP contribution in [0.5, 0.6) is 5.75 Å². The Morgan fingerprint density at radius 1 is 1.09 bits per heavy atom. The fraction of sp³-hybridized carbons (Fsp3) is 0.188. The molecule has 7 heteroatoms. The predicted octanol–water partition coefficient (Wildman–Crippen LogP) is 2.16. The number of nitrogens with one attached hydrogen (secondary N) is 2. The smallest absolute Gasteiger partial charge is 0.262 e. The van der Waals surface area contributed by atoms with Gasteiger partial charge < -0.3 is 10.1 Å². The average molecular weight is 334 g/mol. The Bertz CT molecular complexity index is 814. The minimum absolute atomic E-state index is 0.0643. The molecule has 23 heavy (non-hydrogen) atoms. The zero-order valence-corrected chi connectivity index (χ0v) is 13.9. The number of hydrogen-bond acceptors (Lipinski definition) is 4. The molecule has 2 aromatic rings. The topological polar surface area (TPSA) is 84.5 Å². The minimum Gasteiger partial charge on any atom is -0.497 e. The van der Waals surface area contributed by atoms with Gasteiger partial charge in [0, 0.05) is 18.3 Å². The molecule has 2 aromatic carbocycles. The van der Waals surface area contributed by atoms with Crippen molar-refractivity contribution in [3.63, 3.8) is 0 Å². The maximum absolute atomic E-state index is 12.6. The molecular formula is C16H18N2O4S. The summed E-state index contributed by atoms with van der Waals surface area (Å²) >= 11 is 0. The van der Waals surface area contributed by atoms with Gasteiger partial charge in [0.05, 0.1) is 12.0 Å². The van der Waals surface area contributed by atoms with E-state index in [1.54, 1.807) is 43.3 Å². The van der Waals surface area contributed by atoms with Gasteiger partial charge in [-0.05, 0) is 48.9 Å². The Morgan fingerprint density at radius 2 is 1.74 bits per heavy atom. The lowest BCUT2D eigenvalue weighted by atomic mass is 10.1. The molecule has 0 atom stereocenters. The van der Waals surface area contributed by atoms with E-state index in [2.05, 4.69) is 10.0 Å². The molecule has 0 bridgehead atoms. The second kappa shape index (κ2) is 6.70. The quantitative estimate of drug-likeness (QED) is 0.877. The first-order valence-corrected chi connectivity index (χ1v) is 8.35. The van der Waals surface area contributed by atoms with Gasteiger partial charge in [-0.15, -0.1) is 0 Å². The van der Waals surface area contributed by atoms with Crippen LogP contribution in [-0.4, -0.2) is 28.5 Å². The van der Waals surface area contributed by atoms with E-state index in [9.17, 15) is 13.2 Å². The molecule has 0 unspecified atom stereocenters. The number of amides is 1. The number of aryl methyl sites for hydroxylation is 1. The number of rotatable bonds is 5. The Labute approximate surface area is 135 Å². The normalized spacial score (nSPS) is 10.9. The van der Waals surface area contributed by atoms with Crippen LogP contribution >= 0.6 is 0 Å². The third kappa shape index (κ3) is 3.81. The number of carbonyl (C=O) groups excluding carboxylic acids is 1. The van der Waals surface area contributed by atoms with Crippen molar-refractivity contribution >= 4 is 21.6 Å². The summed E-state index contributed by atoms with van der Waals surface area (Å²) in [6.45, 7) is 1.68. The number of carbonyl (C=O) groups is 1. The lowest BCUT2D eigenvalue weighted by molar-refractivity contribution is 0.0963. The number of ether oxygens (including phenoxy) is 1. The molecule has 0 fully saturated rings. The highest BCUT2D eigenvalue weighted by atomic mass is 32.2. The summed E-state index contributed by atoms with van der Waals surface area (Å²) in [6.07, 6.45) is 0. The Morgan fingerprint density at radius 3 is 2.30 bits per heavy atom. The van der Waals surface area contributed by atoms with E-state index in [0.29, 0.717) is 17.0 Å². The molecule has 0 aliphatic rings. The van der Waals surface area contributed by atoms with Gasteiger partial charge in [0.2, 0.25) is 0 Å². The summed E-state index contributed by atoms with van der Waals surface area (Å²) in [5.41, 5.74) is 1.25. The molecule has 6 nitrogen and oxygen atoms in total. The van der Waals surface area contributed by atoms with Crippen LogP contribution in [0.2, 0.25) is 0 Å². The molecule has 0 aliphatic heterocycles. The SMILES string of the molecule is CNC(=O)c1ccc(C)c(S(=O)(=O)Nc2ccc(OC)cc2)c1. The Hall–Kier alpha value is -2.54. The molecular weight excluding hydrogens is 316 g/mol. The van der Waals surface area contributed by atoms with Crippen molar-refractivity contribution in [1.82, 2.24) is 5.32 Å². The highest BCUT2D eigenvalue weighted by Crippen LogP contribution is 2.22. The molecule has 0 aromatic heterocycles. The van der Waals surface area contributed by atoms with E-state index in [0.717, 1.165) is 0 Å². The maximum Gasteiger partial charge on any atom is 0.262 e. The molecule has 0 saturated heterocycles. The van der Waals surface area contributed by atoms with Crippen LogP contribution < -0.4 is 14.8 Å². The third-order valence-corrected chi connectivity index (χ3v) is 4.83. The number of methoxy groups -OCH3 is 1. The first kappa shape index (κ1) is 16.8. The van der Waals surface area contributed by atoms with Crippen LogP contribution in [0.3, 0.4) is 0 Å². The van der Waals surface area contributed by atoms with Gasteiger partial charge in [-0.1, -0.05) is 6.07 Å². The monoisotopic (exact) mass is 334 g/mol. The molecule has 0 aliphatic carbocycles. The molecule has 0 radical (unpaired) electrons. The first-order valence-electron chi connectivity index (χ1n) is 6.87. The Kier molecular flexibility index (Phi) is 4.90. The van der Waals surface area contributed by atoms with E-state index in [1.807, 2.05) is 0 Å². The largest absolute Gasteiger partial charge is 0.497 e. The lowest BCUT2D eigenvalue weighted by Gasteiger charge is -2.12. The van der Waals surface area contributed by atoms with Crippen LogP contribution in [0.25, 0.3) is 0 Å². The van der Waals surface area contributed by atoms with Gasteiger partial charge in [0.1, 0.15) is 5.75 Å². The van der Waals surface area contributed by atoms with Gasteiger partial charge in [-0.3, -0.25) is 9.52 Å². The fourth-order valence-corrected chi connectivity index (χ4v) is 3.37. The van der Waals surface area contributed by atoms with E-state index >= 15 is 0 Å². The zero-order valence-electron chi connectivity index (χ0n) is 13.1. The van der Waals surface area contributed by atoms with Crippen LogP contribution in [0.1, 0.15) is 15.9 Å². The summed E-state index contributed by atoms with van der Waals surface area (Å²) in [6, 6.07) is 11.1. The van der Waals surface area contributed by atoms with Crippen LogP contribution in [0, 0.1) is 6.92 Å². The minimum atomic E-state index is -3.80. The van der Waals surface area contributed by atoms with Gasteiger partial charge in [-0.25, -0.2) is 8.42 Å². The van der Waals surface area contributed by atoms with Gasteiger partial charge in [0.15, 0.2) is 0 Å². The van der Waals surface area contributed by atoms with Crippen LogP contribution in [0.4, 0.5) is 5.69 Å². The molecule has 2 N–H and O–H groups in total. The van der Waals surface area contributed by atoms with Crippen molar-refractivity contribution in [2.75, 3.05) is 18.9 Å². The van der Waals surface area contributed by atoms with Crippen molar-refractivity contribution in [1.29, 1.82) is 0 Å².